The second-order valence-corrected chi connectivity index (χ2v) is 33.6. The number of aliphatic hydroxyl groups is 9. The van der Waals surface area contributed by atoms with Crippen LogP contribution in [0.1, 0.15) is 164 Å². The number of carbonyl (C=O) groups is 2. The number of phosphoric acid groups is 3. The summed E-state index contributed by atoms with van der Waals surface area (Å²) in [6.07, 6.45) is 14.1. The zero-order valence-electron chi connectivity index (χ0n) is 68.5. The van der Waals surface area contributed by atoms with Gasteiger partial charge in [0.05, 0.1) is 89.4 Å². The van der Waals surface area contributed by atoms with Gasteiger partial charge in [0, 0.05) is 95.6 Å². The zero-order valence-corrected chi connectivity index (χ0v) is 73.4. The molecular formula is C71H108IN15O37P3-3. The smallest absolute Gasteiger partial charge is 0.330 e. The van der Waals surface area contributed by atoms with Crippen molar-refractivity contribution >= 4 is 82.2 Å². The number of ether oxygens (including phenoxy) is 5. The third-order valence-corrected chi connectivity index (χ3v) is 23.2. The van der Waals surface area contributed by atoms with Crippen LogP contribution in [0.3, 0.4) is 0 Å². The average Bonchev–Trinajstić information content (AvgIpc) is 1.73. The standard InChI is InChI=1S/C19H29N3O6.C18H31N4O15P3.C13H18N2O5.C12H17N3O5.C9H11IN2O5.H3N.H2O/c1-2-3-4-5-8-16(25)20-9-6-7-13-11-22(19(27)21-18(13)26)17-10-14(24)15(12-23)28-17;19-7-3-1-2-6-15(24)20-8-4-5-12-10-22(18(26)21-17(12)25)16-9-13(23)14(35-16)11-34-39(30,31)37-40(32,33)36-38(27,28)29;1-2-3-4-8-6-15(13(19)14-12(8)18)11-5-9(17)10(7-16)20-11;13-3-1-2-7-5-15(12(19)14-11(7)18)10-4-8(17)9(6-16)20-10;10-4-2-12(9(16)11-8(4)15)7-1-5(14)6(3-13)17-7;;/h6-7,11,14-15,17,23-24H,2-5,8-10,12H2,1H3,(H,20,25)(H,21,26,27);4-5,10,13-14,16,23H,1-3,6-9,11,19H2,(H,20,24)(H,30,31)(H,32,33)(H,21,25,26)(H2,27,28,29);3-4,6,9-11,16-17H,2,5,7H2,1H3,(H,14,18,19);1-2,5,8-10,16-17H,3-4,6,13H2,(H,14,18,19);2,5-7,13-14H,1,3H2,(H,11,15,16);1H3;1H2/p-3/b7-6+;5-4+;4-3+;2-1+;;;/t14-,15-,17-;13-,14-,16-;9-,10-,11-;8-,9-,10-;5-,6-,7-;;/m11111../s1. The highest BCUT2D eigenvalue weighted by Crippen LogP contribution is 2.61. The third-order valence-electron chi connectivity index (χ3n) is 18.8. The summed E-state index contributed by atoms with van der Waals surface area (Å²) in [5.41, 5.74) is 5.37. The quantitative estimate of drug-likeness (QED) is 0.0101. The van der Waals surface area contributed by atoms with Crippen LogP contribution < -0.4 is 99.2 Å². The number of allylic oxidation sites excluding steroid dienone is 1. The Bertz CT molecular complexity index is 5180. The molecule has 0 spiro atoms. The van der Waals surface area contributed by atoms with E-state index in [4.69, 9.17) is 60.5 Å². The molecule has 0 saturated carbocycles. The van der Waals surface area contributed by atoms with E-state index in [-0.39, 0.29) is 118 Å². The molecule has 5 fully saturated rings. The number of unbranched alkanes of at least 4 members (excludes halogenated alkanes) is 5. The minimum absolute atomic E-state index is 0. The molecule has 0 bridgehead atoms. The lowest BCUT2D eigenvalue weighted by atomic mass is 10.1. The van der Waals surface area contributed by atoms with Crippen LogP contribution in [0.4, 0.5) is 0 Å². The van der Waals surface area contributed by atoms with Gasteiger partial charge < -0.3 is 127 Å². The fraction of sp³-hybridized carbons (Fsp3) is 0.577. The van der Waals surface area contributed by atoms with Crippen LogP contribution in [0.25, 0.3) is 24.3 Å². The highest BCUT2D eigenvalue weighted by atomic mass is 127. The van der Waals surface area contributed by atoms with Gasteiger partial charge in [0.15, 0.2) is 0 Å². The molecule has 0 aromatic carbocycles. The summed E-state index contributed by atoms with van der Waals surface area (Å²) in [6, 6.07) is 0. The van der Waals surface area contributed by atoms with E-state index in [1.54, 1.807) is 46.9 Å². The number of nitrogens with two attached hydrogens (primary N) is 2. The van der Waals surface area contributed by atoms with E-state index in [0.29, 0.717) is 34.9 Å². The van der Waals surface area contributed by atoms with E-state index < -0.39 is 178 Å². The molecule has 10 rings (SSSR count). The Balaban J connectivity index is 0.000000343. The topological polar surface area (TPSA) is 848 Å². The molecule has 5 aromatic rings. The molecule has 10 heterocycles. The Morgan fingerprint density at radius 2 is 0.780 bits per heavy atom. The predicted molar refractivity (Wildman–Crippen MR) is 450 cm³/mol. The van der Waals surface area contributed by atoms with Gasteiger partial charge in [-0.25, -0.2) is 32.6 Å². The van der Waals surface area contributed by atoms with Gasteiger partial charge in [0.25, 0.3) is 51.3 Å². The van der Waals surface area contributed by atoms with Crippen molar-refractivity contribution in [1.29, 1.82) is 0 Å². The largest absolute Gasteiger partial charge is 0.756 e. The molecule has 52 nitrogen and oxygen atoms in total. The summed E-state index contributed by atoms with van der Waals surface area (Å²) in [6.45, 7) is 2.85. The van der Waals surface area contributed by atoms with E-state index >= 15 is 0 Å². The van der Waals surface area contributed by atoms with Crippen LogP contribution in [0, 0.1) is 3.57 Å². The molecule has 18 atom stereocenters. The second-order valence-electron chi connectivity index (χ2n) is 28.1. The van der Waals surface area contributed by atoms with Crippen molar-refractivity contribution in [1.82, 2.24) is 64.5 Å². The molecule has 0 radical (unpaired) electrons. The number of hydrogen-bond acceptors (Lipinski definition) is 38. The number of rotatable bonds is 36. The number of aliphatic hydroxyl groups excluding tert-OH is 9. The van der Waals surface area contributed by atoms with Gasteiger partial charge in [-0.2, -0.15) is 0 Å². The molecule has 5 aliphatic rings. The Hall–Kier alpha value is -8.28. The first-order valence-electron chi connectivity index (χ1n) is 39.0. The number of amides is 2. The number of phosphoric ester groups is 1. The van der Waals surface area contributed by atoms with Gasteiger partial charge in [-0.1, -0.05) is 88.1 Å². The van der Waals surface area contributed by atoms with Gasteiger partial charge in [0.2, 0.25) is 11.8 Å². The Morgan fingerprint density at radius 3 is 1.09 bits per heavy atom. The van der Waals surface area contributed by atoms with E-state index in [2.05, 4.69) is 55.6 Å². The Labute approximate surface area is 732 Å². The van der Waals surface area contributed by atoms with Gasteiger partial charge >= 0.3 is 28.4 Å². The highest BCUT2D eigenvalue weighted by Gasteiger charge is 2.41. The molecule has 5 aliphatic heterocycles. The van der Waals surface area contributed by atoms with Crippen molar-refractivity contribution in [2.45, 2.75) is 202 Å². The van der Waals surface area contributed by atoms with Crippen molar-refractivity contribution in [2.24, 2.45) is 11.5 Å². The summed E-state index contributed by atoms with van der Waals surface area (Å²) in [5.74, 6) is -0.234. The molecule has 5 aromatic heterocycles. The molecule has 26 N–H and O–H groups in total. The van der Waals surface area contributed by atoms with Gasteiger partial charge in [-0.15, -0.1) is 0 Å². The summed E-state index contributed by atoms with van der Waals surface area (Å²) in [4.78, 5) is 194. The van der Waals surface area contributed by atoms with Gasteiger partial charge in [0.1, 0.15) is 61.7 Å². The normalized spacial score (nSPS) is 24.5. The molecule has 56 heteroatoms. The molecule has 5 saturated heterocycles. The Kier molecular flexibility index (Phi) is 47.0. The number of halogens is 1. The van der Waals surface area contributed by atoms with E-state index in [9.17, 15) is 111 Å². The van der Waals surface area contributed by atoms with Crippen molar-refractivity contribution in [2.75, 3.05) is 59.2 Å². The molecule has 127 heavy (non-hydrogen) atoms. The van der Waals surface area contributed by atoms with E-state index in [1.807, 2.05) is 6.92 Å². The van der Waals surface area contributed by atoms with Gasteiger partial charge in [-0.3, -0.25) is 95.0 Å². The van der Waals surface area contributed by atoms with Gasteiger partial charge in [-0.05, 0) is 54.8 Å². The number of hydrogen-bond donors (Lipinski definition) is 20. The lowest BCUT2D eigenvalue weighted by Crippen LogP contribution is -2.33. The summed E-state index contributed by atoms with van der Waals surface area (Å²) < 4.78 is 77.4. The summed E-state index contributed by atoms with van der Waals surface area (Å²) >= 11 is 1.80. The first-order valence-corrected chi connectivity index (χ1v) is 44.5. The van der Waals surface area contributed by atoms with Crippen LogP contribution in [0.5, 0.6) is 0 Å². The minimum Gasteiger partial charge on any atom is -0.756 e. The third kappa shape index (κ3) is 35.2. The van der Waals surface area contributed by atoms with Crippen LogP contribution >= 0.6 is 46.1 Å². The molecule has 714 valence electrons. The molecular weight excluding hydrogens is 1870 g/mol. The summed E-state index contributed by atoms with van der Waals surface area (Å²) in [7, 11) is -17.8. The number of nitrogens with one attached hydrogen (secondary N) is 7. The van der Waals surface area contributed by atoms with E-state index in [1.165, 1.54) is 67.4 Å². The molecule has 2 amide bonds. The second kappa shape index (κ2) is 53.8. The minimum atomic E-state index is -6.11. The maximum absolute atomic E-state index is 12.3. The fourth-order valence-electron chi connectivity index (χ4n) is 12.4. The first-order chi connectivity index (χ1) is 59.1. The first kappa shape index (κ1) is 111. The van der Waals surface area contributed by atoms with Crippen LogP contribution in [0.15, 0.2) is 103 Å². The number of carbonyl (C=O) groups excluding carboxylic acids is 2. The average molecular weight is 1980 g/mol. The Morgan fingerprint density at radius 1 is 0.472 bits per heavy atom. The highest BCUT2D eigenvalue weighted by molar-refractivity contribution is 14.1. The van der Waals surface area contributed by atoms with Crippen molar-refractivity contribution in [3.05, 3.63) is 185 Å². The molecule has 3 unspecified atom stereocenters. The van der Waals surface area contributed by atoms with Crippen LogP contribution in [-0.2, 0) is 60.1 Å². The lowest BCUT2D eigenvalue weighted by molar-refractivity contribution is -0.250. The predicted octanol–water partition coefficient (Wildman–Crippen LogP) is -6.57. The van der Waals surface area contributed by atoms with Crippen molar-refractivity contribution in [3.63, 3.8) is 0 Å². The maximum atomic E-state index is 12.3. The summed E-state index contributed by atoms with van der Waals surface area (Å²) in [5, 5.41) is 90.5. The monoisotopic (exact) mass is 1980 g/mol. The number of nitrogens with zero attached hydrogens (tertiary/aromatic N) is 5. The number of aromatic nitrogens is 10. The SMILES string of the molecule is CC/C=C/c1cn([C@H]2C[C@@H](O)[C@@H](CO)O2)c(=O)[nH]c1=O.CCCCCCC(=O)NC/C=C/c1cn([C@H]2C[C@@H](O)[C@@H](CO)O2)c(=O)[nH]c1=O.N.NC/C=C/c1cn([C@H]2C[C@@H](O)[C@@H](CO)O2)c(=O)[nH]c1=O.NCCCCCC(=O)NC/C=C/c1cn([C@H]2C[C@@H](O)[C@@H](COP(=O)([O-])OP(=O)([O-])OP(=O)([O-])O)O2)c(=O)[nH]c1=O.O.O=c1[nH]c(=O)n([C@H]2C[C@@H](O)[C@@H](CO)O2)cc1I. The van der Waals surface area contributed by atoms with Crippen molar-refractivity contribution in [3.8, 4) is 0 Å². The number of H-pyrrole nitrogens is 5. The fourth-order valence-corrected chi connectivity index (χ4v) is 15.7. The van der Waals surface area contributed by atoms with Crippen LogP contribution in [0.2, 0.25) is 0 Å². The lowest BCUT2D eigenvalue weighted by Gasteiger charge is -2.33. The van der Waals surface area contributed by atoms with Crippen LogP contribution in [-0.4, -0.2) is 236 Å². The van der Waals surface area contributed by atoms with E-state index in [0.717, 1.165) is 55.7 Å². The number of aromatic amines is 5. The van der Waals surface area contributed by atoms with Crippen molar-refractivity contribution < 1.29 is 131 Å². The molecule has 0 aliphatic carbocycles. The zero-order chi connectivity index (χ0) is 92.6. The maximum Gasteiger partial charge on any atom is 0.330 e.